The molecule has 0 aromatic heterocycles. The van der Waals surface area contributed by atoms with Crippen LogP contribution in [0, 0.1) is 6.92 Å². The zero-order chi connectivity index (χ0) is 39.1. The minimum Gasteiger partial charge on any atom is -0.496 e. The Morgan fingerprint density at radius 2 is 1.44 bits per heavy atom. The van der Waals surface area contributed by atoms with Crippen molar-refractivity contribution < 1.29 is 38.4 Å². The largest absolute Gasteiger partial charge is 0.496 e. The van der Waals surface area contributed by atoms with E-state index in [4.69, 9.17) is 23.7 Å². The summed E-state index contributed by atoms with van der Waals surface area (Å²) in [6, 6.07) is 27.6. The molecule has 0 saturated carbocycles. The maximum atomic E-state index is 15.3. The first kappa shape index (κ1) is 40.0. The number of hydrogen-bond donors (Lipinski definition) is 1. The fraction of sp³-hybridized carbons (Fsp3) is 0.409. The van der Waals surface area contributed by atoms with Gasteiger partial charge in [0.2, 0.25) is 5.91 Å². The van der Waals surface area contributed by atoms with Crippen molar-refractivity contribution in [3.05, 3.63) is 119 Å². The zero-order valence-electron chi connectivity index (χ0n) is 32.5. The molecule has 4 atom stereocenters. The van der Waals surface area contributed by atoms with E-state index in [1.54, 1.807) is 19.1 Å². The van der Waals surface area contributed by atoms with E-state index in [9.17, 15) is 9.90 Å². The van der Waals surface area contributed by atoms with Gasteiger partial charge in [-0.3, -0.25) is 9.69 Å². The third-order valence-electron chi connectivity index (χ3n) is 9.91. The number of nitrogens with zero attached hydrogens (tertiary/aromatic N) is 2. The molecule has 10 nitrogen and oxygen atoms in total. The number of hydrogen-bond acceptors (Lipinski definition) is 9. The van der Waals surface area contributed by atoms with Crippen molar-refractivity contribution in [1.29, 1.82) is 0 Å². The van der Waals surface area contributed by atoms with Crippen molar-refractivity contribution in [2.45, 2.75) is 94.2 Å². The Hall–Kier alpha value is -4.71. The van der Waals surface area contributed by atoms with Crippen molar-refractivity contribution in [1.82, 2.24) is 9.80 Å². The molecule has 2 heterocycles. The molecule has 292 valence electrons. The first-order valence-electron chi connectivity index (χ1n) is 18.8. The quantitative estimate of drug-likeness (QED) is 0.136. The summed E-state index contributed by atoms with van der Waals surface area (Å²) in [6.45, 7) is 7.98. The van der Waals surface area contributed by atoms with E-state index in [1.165, 1.54) is 11.8 Å². The zero-order valence-corrected chi connectivity index (χ0v) is 33.3. The average molecular weight is 769 g/mol. The van der Waals surface area contributed by atoms with Gasteiger partial charge in [0.15, 0.2) is 11.5 Å². The van der Waals surface area contributed by atoms with E-state index in [-0.39, 0.29) is 32.1 Å². The van der Waals surface area contributed by atoms with Crippen LogP contribution < -0.4 is 14.2 Å². The van der Waals surface area contributed by atoms with Crippen LogP contribution in [0.25, 0.3) is 0 Å². The molecule has 0 bridgehead atoms. The van der Waals surface area contributed by atoms with Crippen molar-refractivity contribution in [2.24, 2.45) is 0 Å². The maximum Gasteiger partial charge on any atom is 0.411 e. The number of thioether (sulfide) groups is 1. The number of amides is 2. The van der Waals surface area contributed by atoms with Crippen molar-refractivity contribution >= 4 is 23.8 Å². The summed E-state index contributed by atoms with van der Waals surface area (Å²) in [5.41, 5.74) is 3.54. The predicted octanol–water partition coefficient (Wildman–Crippen LogP) is 8.11. The van der Waals surface area contributed by atoms with Crippen LogP contribution in [0.3, 0.4) is 0 Å². The Morgan fingerprint density at radius 1 is 0.836 bits per heavy atom. The lowest BCUT2D eigenvalue weighted by molar-refractivity contribution is -0.155. The molecule has 2 aliphatic heterocycles. The van der Waals surface area contributed by atoms with Gasteiger partial charge in [0, 0.05) is 28.2 Å². The first-order valence-corrected chi connectivity index (χ1v) is 19.7. The van der Waals surface area contributed by atoms with E-state index in [0.29, 0.717) is 36.7 Å². The molecule has 1 saturated heterocycles. The van der Waals surface area contributed by atoms with Gasteiger partial charge >= 0.3 is 6.09 Å². The molecule has 0 radical (unpaired) electrons. The predicted molar refractivity (Wildman–Crippen MR) is 213 cm³/mol. The number of methoxy groups -OCH3 is 2. The van der Waals surface area contributed by atoms with Gasteiger partial charge < -0.3 is 33.7 Å². The van der Waals surface area contributed by atoms with Gasteiger partial charge in [-0.1, -0.05) is 90.6 Å². The number of piperazine rings is 1. The van der Waals surface area contributed by atoms with Crippen molar-refractivity contribution in [3.8, 4) is 17.2 Å². The standard InChI is InChI=1S/C44H52N2O8S/c1-29-38(50-5)33-25-35-42(55-32-21-14-9-15-22-32)46(43(49)54-44(2,3)4)34(23-16-24-47)41(48)45(35)36(28-52-26-30-17-10-7-11-18-30)37(33)40(39(29)51-6)53-27-31-19-12-8-13-20-31/h7-15,17-22,34-36,42,47H,16,23-28H2,1-6H3/t34-,35-,36-,42+/m0/s1. The van der Waals surface area contributed by atoms with Gasteiger partial charge in [-0.25, -0.2) is 4.79 Å². The van der Waals surface area contributed by atoms with Crippen LogP contribution in [0.2, 0.25) is 0 Å². The summed E-state index contributed by atoms with van der Waals surface area (Å²) in [7, 11) is 3.25. The molecule has 2 aliphatic rings. The molecule has 1 N–H and O–H groups in total. The highest BCUT2D eigenvalue weighted by Crippen LogP contribution is 2.54. The lowest BCUT2D eigenvalue weighted by Gasteiger charge is -2.55. The second kappa shape index (κ2) is 17.8. The summed E-state index contributed by atoms with van der Waals surface area (Å²) in [6.07, 6.45) is 0.327. The van der Waals surface area contributed by atoms with E-state index < -0.39 is 35.2 Å². The molecule has 0 spiro atoms. The Balaban J connectivity index is 1.55. The first-order chi connectivity index (χ1) is 26.6. The second-order valence-electron chi connectivity index (χ2n) is 14.8. The number of aliphatic hydroxyl groups excluding tert-OH is 1. The number of rotatable bonds is 14. The average Bonchev–Trinajstić information content (AvgIpc) is 3.17. The summed E-state index contributed by atoms with van der Waals surface area (Å²) in [5, 5.41) is 9.46. The minimum atomic E-state index is -0.916. The summed E-state index contributed by atoms with van der Waals surface area (Å²) >= 11 is 1.52. The van der Waals surface area contributed by atoms with Gasteiger partial charge in [0.1, 0.15) is 29.4 Å². The van der Waals surface area contributed by atoms with Crippen molar-refractivity contribution in [3.63, 3.8) is 0 Å². The summed E-state index contributed by atoms with van der Waals surface area (Å²) < 4.78 is 31.6. The molecule has 6 rings (SSSR count). The number of aliphatic hydroxyl groups is 1. The molecule has 1 fully saturated rings. The number of carbonyl (C=O) groups excluding carboxylic acids is 2. The highest BCUT2D eigenvalue weighted by atomic mass is 32.2. The topological polar surface area (TPSA) is 107 Å². The van der Waals surface area contributed by atoms with Gasteiger partial charge in [-0.05, 0) is 70.2 Å². The van der Waals surface area contributed by atoms with Gasteiger partial charge in [0.05, 0.1) is 39.5 Å². The number of fused-ring (bicyclic) bond motifs is 2. The normalized spacial score (nSPS) is 19.4. The molecule has 4 aromatic carbocycles. The van der Waals surface area contributed by atoms with E-state index in [0.717, 1.165) is 32.7 Å². The Bertz CT molecular complexity index is 1900. The molecular weight excluding hydrogens is 717 g/mol. The molecule has 4 aromatic rings. The van der Waals surface area contributed by atoms with Crippen LogP contribution in [-0.4, -0.2) is 77.4 Å². The summed E-state index contributed by atoms with van der Waals surface area (Å²) in [4.78, 5) is 34.1. The van der Waals surface area contributed by atoms with Gasteiger partial charge in [-0.2, -0.15) is 0 Å². The fourth-order valence-electron chi connectivity index (χ4n) is 7.61. The minimum absolute atomic E-state index is 0.128. The smallest absolute Gasteiger partial charge is 0.411 e. The molecule has 55 heavy (non-hydrogen) atoms. The highest BCUT2D eigenvalue weighted by Gasteiger charge is 2.55. The van der Waals surface area contributed by atoms with Crippen LogP contribution >= 0.6 is 11.8 Å². The van der Waals surface area contributed by atoms with Gasteiger partial charge in [-0.15, -0.1) is 0 Å². The van der Waals surface area contributed by atoms with Crippen LogP contribution in [0.4, 0.5) is 4.79 Å². The monoisotopic (exact) mass is 768 g/mol. The third kappa shape index (κ3) is 8.90. The third-order valence-corrected chi connectivity index (χ3v) is 11.2. The molecule has 11 heteroatoms. The molecule has 2 amide bonds. The highest BCUT2D eigenvalue weighted by molar-refractivity contribution is 8.00. The van der Waals surface area contributed by atoms with Crippen LogP contribution in [0.15, 0.2) is 95.9 Å². The van der Waals surface area contributed by atoms with Crippen molar-refractivity contribution in [2.75, 3.05) is 27.4 Å². The Kier molecular flexibility index (Phi) is 13.0. The molecular formula is C44H52N2O8S. The van der Waals surface area contributed by atoms with Gasteiger partial charge in [0.25, 0.3) is 0 Å². The number of carbonyl (C=O) groups is 2. The fourth-order valence-corrected chi connectivity index (χ4v) is 8.94. The Labute approximate surface area is 328 Å². The van der Waals surface area contributed by atoms with E-state index in [1.807, 2.05) is 124 Å². The van der Waals surface area contributed by atoms with Crippen LogP contribution in [0.5, 0.6) is 17.2 Å². The molecule has 0 aliphatic carbocycles. The van der Waals surface area contributed by atoms with Crippen LogP contribution in [-0.2, 0) is 33.9 Å². The Morgan fingerprint density at radius 3 is 2.02 bits per heavy atom. The SMILES string of the molecule is COc1c(C)c(OC)c(OCc2ccccc2)c2c1C[C@H]1[C@@H](Sc3ccccc3)N(C(=O)OC(C)(C)C)[C@@H](CCCO)C(=O)N1[C@H]2COCc1ccccc1. The maximum absolute atomic E-state index is 15.3. The van der Waals surface area contributed by atoms with E-state index in [2.05, 4.69) is 0 Å². The summed E-state index contributed by atoms with van der Waals surface area (Å²) in [5.74, 6) is 1.42. The lowest BCUT2D eigenvalue weighted by atomic mass is 9.82. The lowest BCUT2D eigenvalue weighted by Crippen LogP contribution is -2.69. The number of ether oxygens (including phenoxy) is 5. The molecule has 0 unspecified atom stereocenters. The number of benzene rings is 4. The van der Waals surface area contributed by atoms with E-state index >= 15 is 4.79 Å². The second-order valence-corrected chi connectivity index (χ2v) is 16.0. The van der Waals surface area contributed by atoms with Crippen LogP contribution in [0.1, 0.15) is 67.5 Å².